The van der Waals surface area contributed by atoms with Crippen molar-refractivity contribution in [1.29, 1.82) is 0 Å². The summed E-state index contributed by atoms with van der Waals surface area (Å²) in [6.45, 7) is 7.14. The quantitative estimate of drug-likeness (QED) is 0.575. The van der Waals surface area contributed by atoms with Gasteiger partial charge < -0.3 is 15.7 Å². The summed E-state index contributed by atoms with van der Waals surface area (Å²) in [4.78, 5) is 26.2. The Balaban J connectivity index is 1.57. The number of aliphatic carboxylic acids is 1. The number of piperazine rings is 1. The fraction of sp³-hybridized carbons (Fsp3) is 0.440. The number of nitrogens with one attached hydrogen (secondary N) is 2. The molecular weight excluding hydrogens is 390 g/mol. The Morgan fingerprint density at radius 1 is 1.13 bits per heavy atom. The van der Waals surface area contributed by atoms with Crippen molar-refractivity contribution in [2.75, 3.05) is 25.0 Å². The van der Waals surface area contributed by atoms with E-state index in [0.29, 0.717) is 12.5 Å². The van der Waals surface area contributed by atoms with Crippen molar-refractivity contribution in [2.45, 2.75) is 45.7 Å². The minimum atomic E-state index is -0.912. The summed E-state index contributed by atoms with van der Waals surface area (Å²) in [6, 6.07) is 18.7. The van der Waals surface area contributed by atoms with Crippen molar-refractivity contribution in [3.8, 4) is 0 Å². The molecule has 0 unspecified atom stereocenters. The third kappa shape index (κ3) is 6.91. The first-order chi connectivity index (χ1) is 14.8. The van der Waals surface area contributed by atoms with Crippen LogP contribution < -0.4 is 10.6 Å². The number of rotatable bonds is 9. The van der Waals surface area contributed by atoms with Crippen molar-refractivity contribution in [3.63, 3.8) is 0 Å². The maximum Gasteiger partial charge on any atom is 0.309 e. The monoisotopic (exact) mass is 423 g/mol. The highest BCUT2D eigenvalue weighted by Crippen LogP contribution is 2.24. The Morgan fingerprint density at radius 2 is 1.84 bits per heavy atom. The maximum absolute atomic E-state index is 12.5. The van der Waals surface area contributed by atoms with Crippen LogP contribution in [0.3, 0.4) is 0 Å². The molecule has 1 atom stereocenters. The average Bonchev–Trinajstić information content (AvgIpc) is 2.75. The van der Waals surface area contributed by atoms with E-state index < -0.39 is 11.4 Å². The largest absolute Gasteiger partial charge is 0.481 e. The van der Waals surface area contributed by atoms with Gasteiger partial charge in [-0.1, -0.05) is 48.5 Å². The van der Waals surface area contributed by atoms with E-state index in [0.717, 1.165) is 43.9 Å². The molecule has 3 rings (SSSR count). The summed E-state index contributed by atoms with van der Waals surface area (Å²) in [5, 5.41) is 15.8. The minimum Gasteiger partial charge on any atom is -0.481 e. The molecule has 31 heavy (non-hydrogen) atoms. The predicted octanol–water partition coefficient (Wildman–Crippen LogP) is 3.53. The highest BCUT2D eigenvalue weighted by Gasteiger charge is 2.28. The summed E-state index contributed by atoms with van der Waals surface area (Å²) in [6.07, 6.45) is 1.30. The molecule has 1 heterocycles. The van der Waals surface area contributed by atoms with Crippen LogP contribution in [0.1, 0.15) is 37.8 Å². The first kappa shape index (κ1) is 23.0. The molecule has 0 bridgehead atoms. The van der Waals surface area contributed by atoms with E-state index in [4.69, 9.17) is 0 Å². The molecule has 2 aromatic carbocycles. The number of carboxylic acid groups (broad SMARTS) is 1. The standard InChI is InChI=1S/C25H33N3O3/c1-25(2,24(30)31)13-12-23(29)27-22-11-7-6-10-20(22)16-21-18-28(15-14-26-21)17-19-8-4-3-5-9-19/h3-11,21,26H,12-18H2,1-2H3,(H,27,29)(H,30,31)/t21-/m0/s1. The fourth-order valence-electron chi connectivity index (χ4n) is 3.85. The summed E-state index contributed by atoms with van der Waals surface area (Å²) in [5.74, 6) is -1.03. The fourth-order valence-corrected chi connectivity index (χ4v) is 3.85. The van der Waals surface area contributed by atoms with E-state index in [-0.39, 0.29) is 12.3 Å². The Morgan fingerprint density at radius 3 is 2.58 bits per heavy atom. The van der Waals surface area contributed by atoms with Crippen LogP contribution in [0.25, 0.3) is 0 Å². The number of para-hydroxylation sites is 1. The van der Waals surface area contributed by atoms with Crippen LogP contribution in [-0.2, 0) is 22.6 Å². The first-order valence-electron chi connectivity index (χ1n) is 10.9. The van der Waals surface area contributed by atoms with Gasteiger partial charge in [-0.15, -0.1) is 0 Å². The van der Waals surface area contributed by atoms with Gasteiger partial charge in [0, 0.05) is 44.3 Å². The van der Waals surface area contributed by atoms with Gasteiger partial charge in [-0.05, 0) is 43.9 Å². The van der Waals surface area contributed by atoms with E-state index in [9.17, 15) is 14.7 Å². The zero-order valence-electron chi connectivity index (χ0n) is 18.4. The summed E-state index contributed by atoms with van der Waals surface area (Å²) < 4.78 is 0. The smallest absolute Gasteiger partial charge is 0.309 e. The van der Waals surface area contributed by atoms with Crippen LogP contribution in [0.15, 0.2) is 54.6 Å². The molecule has 1 saturated heterocycles. The molecule has 0 spiro atoms. The van der Waals surface area contributed by atoms with Crippen LogP contribution in [0.5, 0.6) is 0 Å². The van der Waals surface area contributed by atoms with Crippen LogP contribution >= 0.6 is 0 Å². The molecule has 166 valence electrons. The van der Waals surface area contributed by atoms with Gasteiger partial charge in [0.25, 0.3) is 0 Å². The normalized spacial score (nSPS) is 17.3. The molecule has 0 saturated carbocycles. The Labute approximate surface area is 184 Å². The van der Waals surface area contributed by atoms with Crippen molar-refractivity contribution >= 4 is 17.6 Å². The number of amides is 1. The lowest BCUT2D eigenvalue weighted by molar-refractivity contribution is -0.147. The number of carbonyl (C=O) groups is 2. The van der Waals surface area contributed by atoms with E-state index in [1.54, 1.807) is 13.8 Å². The Bertz CT molecular complexity index is 883. The van der Waals surface area contributed by atoms with Gasteiger partial charge >= 0.3 is 5.97 Å². The topological polar surface area (TPSA) is 81.7 Å². The van der Waals surface area contributed by atoms with Gasteiger partial charge in [0.1, 0.15) is 0 Å². The molecule has 3 N–H and O–H groups in total. The van der Waals surface area contributed by atoms with Crippen LogP contribution in [0, 0.1) is 5.41 Å². The molecule has 0 radical (unpaired) electrons. The highest BCUT2D eigenvalue weighted by molar-refractivity contribution is 5.91. The Kier molecular flexibility index (Phi) is 7.82. The summed E-state index contributed by atoms with van der Waals surface area (Å²) >= 11 is 0. The van der Waals surface area contributed by atoms with Crippen LogP contribution in [-0.4, -0.2) is 47.6 Å². The zero-order valence-corrected chi connectivity index (χ0v) is 18.4. The SMILES string of the molecule is CC(C)(CCC(=O)Nc1ccccc1C[C@H]1CN(Cc2ccccc2)CCN1)C(=O)O. The van der Waals surface area contributed by atoms with Gasteiger partial charge in [-0.2, -0.15) is 0 Å². The molecule has 6 heteroatoms. The molecular formula is C25H33N3O3. The number of carbonyl (C=O) groups excluding carboxylic acids is 1. The zero-order chi connectivity index (χ0) is 22.3. The summed E-state index contributed by atoms with van der Waals surface area (Å²) in [5.41, 5.74) is 2.31. The number of hydrogen-bond donors (Lipinski definition) is 3. The van der Waals surface area contributed by atoms with Crippen molar-refractivity contribution in [3.05, 3.63) is 65.7 Å². The minimum absolute atomic E-state index is 0.149. The number of hydrogen-bond acceptors (Lipinski definition) is 4. The molecule has 0 aliphatic carbocycles. The predicted molar refractivity (Wildman–Crippen MR) is 123 cm³/mol. The highest BCUT2D eigenvalue weighted by atomic mass is 16.4. The molecule has 1 fully saturated rings. The number of benzene rings is 2. The molecule has 1 aliphatic heterocycles. The maximum atomic E-state index is 12.5. The summed E-state index contributed by atoms with van der Waals surface area (Å²) in [7, 11) is 0. The average molecular weight is 424 g/mol. The lowest BCUT2D eigenvalue weighted by Crippen LogP contribution is -2.51. The third-order valence-corrected chi connectivity index (χ3v) is 5.90. The molecule has 1 amide bonds. The second-order valence-electron chi connectivity index (χ2n) is 8.97. The van der Waals surface area contributed by atoms with Crippen LogP contribution in [0.4, 0.5) is 5.69 Å². The van der Waals surface area contributed by atoms with Gasteiger partial charge in [-0.3, -0.25) is 14.5 Å². The molecule has 2 aromatic rings. The third-order valence-electron chi connectivity index (χ3n) is 5.90. The lowest BCUT2D eigenvalue weighted by Gasteiger charge is -2.34. The molecule has 0 aromatic heterocycles. The number of carboxylic acids is 1. The van der Waals surface area contributed by atoms with E-state index in [1.165, 1.54) is 5.56 Å². The first-order valence-corrected chi connectivity index (χ1v) is 10.9. The van der Waals surface area contributed by atoms with E-state index in [1.807, 2.05) is 24.3 Å². The lowest BCUT2D eigenvalue weighted by atomic mass is 9.88. The van der Waals surface area contributed by atoms with E-state index in [2.05, 4.69) is 45.9 Å². The second-order valence-corrected chi connectivity index (χ2v) is 8.97. The second kappa shape index (κ2) is 10.6. The van der Waals surface area contributed by atoms with Crippen molar-refractivity contribution in [1.82, 2.24) is 10.2 Å². The van der Waals surface area contributed by atoms with Gasteiger partial charge in [0.15, 0.2) is 0 Å². The van der Waals surface area contributed by atoms with Crippen LogP contribution in [0.2, 0.25) is 0 Å². The van der Waals surface area contributed by atoms with Crippen molar-refractivity contribution in [2.24, 2.45) is 5.41 Å². The molecule has 1 aliphatic rings. The Hall–Kier alpha value is -2.70. The van der Waals surface area contributed by atoms with Crippen molar-refractivity contribution < 1.29 is 14.7 Å². The molecule has 6 nitrogen and oxygen atoms in total. The number of nitrogens with zero attached hydrogens (tertiary/aromatic N) is 1. The van der Waals surface area contributed by atoms with E-state index >= 15 is 0 Å². The van der Waals surface area contributed by atoms with Gasteiger partial charge in [-0.25, -0.2) is 0 Å². The van der Waals surface area contributed by atoms with Gasteiger partial charge in [0.05, 0.1) is 5.41 Å². The van der Waals surface area contributed by atoms with Gasteiger partial charge in [0.2, 0.25) is 5.91 Å². The number of anilines is 1.